The van der Waals surface area contributed by atoms with Crippen LogP contribution in [0.25, 0.3) is 77.3 Å². The van der Waals surface area contributed by atoms with Gasteiger partial charge in [0.15, 0.2) is 0 Å². The third kappa shape index (κ3) is 7.88. The van der Waals surface area contributed by atoms with Gasteiger partial charge in [0.25, 0.3) is 0 Å². The molecule has 340 valence electrons. The first-order chi connectivity index (χ1) is 33.0. The second-order valence-corrected chi connectivity index (χ2v) is 20.3. The predicted octanol–water partition coefficient (Wildman–Crippen LogP) is 17.9. The van der Waals surface area contributed by atoms with E-state index in [2.05, 4.69) is 187 Å². The Balaban J connectivity index is 1.25. The molecular formula is C58H52N2O6P2. The normalized spacial score (nSPS) is 12.2. The molecule has 10 aromatic rings. The molecule has 2 aromatic heterocycles. The van der Waals surface area contributed by atoms with Crippen LogP contribution in [0.1, 0.15) is 44.5 Å². The van der Waals surface area contributed by atoms with Crippen molar-refractivity contribution >= 4 is 71.6 Å². The molecule has 0 saturated heterocycles. The molecule has 0 saturated carbocycles. The predicted molar refractivity (Wildman–Crippen MR) is 282 cm³/mol. The first-order valence-corrected chi connectivity index (χ1v) is 25.3. The second kappa shape index (κ2) is 17.4. The standard InChI is InChI=1S/C58H52N2O6P2/c1-33-25-37(5)55-45(29-33)46-30-34(2)26-38(6)56(46)64-67(63-55)59-53-43(41-15-11-9-12-16-41)19-21-49-51(53)52-50(62-24-23-61-49)22-20-44(42-17-13-10-14-18-42)54(52)60-68-65-57-39(7)27-35(3)31-47(57)48-32-36(4)28-40(8)58(48)66-68/h9-22,25-32,59-60H,23-24H2,1-8H3. The fraction of sp³-hybridized carbons (Fsp3) is 0.172. The Morgan fingerprint density at radius 2 is 0.676 bits per heavy atom. The summed E-state index contributed by atoms with van der Waals surface area (Å²) in [5, 5.41) is 11.9. The average molecular weight is 935 g/mol. The topological polar surface area (TPSA) is 95.1 Å². The van der Waals surface area contributed by atoms with E-state index in [1.54, 1.807) is 0 Å². The zero-order valence-electron chi connectivity index (χ0n) is 39.5. The van der Waals surface area contributed by atoms with E-state index in [4.69, 9.17) is 26.3 Å². The van der Waals surface area contributed by atoms with Gasteiger partial charge >= 0.3 is 16.3 Å². The summed E-state index contributed by atoms with van der Waals surface area (Å²) < 4.78 is 42.0. The summed E-state index contributed by atoms with van der Waals surface area (Å²) in [6.07, 6.45) is 0. The van der Waals surface area contributed by atoms with E-state index < -0.39 is 16.3 Å². The minimum atomic E-state index is -1.89. The van der Waals surface area contributed by atoms with Crippen LogP contribution in [0.4, 0.5) is 11.4 Å². The van der Waals surface area contributed by atoms with Crippen LogP contribution in [0, 0.1) is 55.4 Å². The number of fused-ring (bicyclic) bond motifs is 9. The molecule has 0 spiro atoms. The largest absolute Gasteiger partial charge is 0.489 e. The summed E-state index contributed by atoms with van der Waals surface area (Å²) in [7, 11) is -3.78. The third-order valence-corrected chi connectivity index (χ3v) is 14.9. The van der Waals surface area contributed by atoms with Crippen LogP contribution in [0.2, 0.25) is 0 Å². The molecular weight excluding hydrogens is 883 g/mol. The number of ether oxygens (including phenoxy) is 2. The van der Waals surface area contributed by atoms with Gasteiger partial charge in [-0.05, 0) is 160 Å². The molecule has 68 heavy (non-hydrogen) atoms. The lowest BCUT2D eigenvalue weighted by atomic mass is 9.90. The van der Waals surface area contributed by atoms with Crippen LogP contribution in [-0.4, -0.2) is 13.2 Å². The maximum absolute atomic E-state index is 7.12. The Morgan fingerprint density at radius 1 is 0.368 bits per heavy atom. The number of hydrogen-bond donors (Lipinski definition) is 2. The Bertz CT molecular complexity index is 3340. The molecule has 0 fully saturated rings. The zero-order chi connectivity index (χ0) is 46.8. The van der Waals surface area contributed by atoms with Crippen molar-refractivity contribution in [1.29, 1.82) is 0 Å². The fourth-order valence-electron chi connectivity index (χ4n) is 9.90. The van der Waals surface area contributed by atoms with Gasteiger partial charge < -0.3 is 26.3 Å². The van der Waals surface area contributed by atoms with E-state index in [-0.39, 0.29) is 0 Å². The number of aryl methyl sites for hydroxylation is 8. The summed E-state index contributed by atoms with van der Waals surface area (Å²) in [4.78, 5) is 0. The van der Waals surface area contributed by atoms with Gasteiger partial charge in [0, 0.05) is 32.7 Å². The molecule has 10 heteroatoms. The Labute approximate surface area is 397 Å². The lowest BCUT2D eigenvalue weighted by Crippen LogP contribution is -2.14. The van der Waals surface area contributed by atoms with Gasteiger partial charge in [0.2, 0.25) is 0 Å². The highest BCUT2D eigenvalue weighted by Crippen LogP contribution is 2.56. The first kappa shape index (κ1) is 43.3. The van der Waals surface area contributed by atoms with E-state index in [0.717, 1.165) is 133 Å². The smallest absolute Gasteiger partial charge is 0.338 e. The van der Waals surface area contributed by atoms with Crippen molar-refractivity contribution in [3.8, 4) is 44.9 Å². The maximum atomic E-state index is 7.12. The van der Waals surface area contributed by atoms with Gasteiger partial charge in [-0.2, -0.15) is 0 Å². The lowest BCUT2D eigenvalue weighted by molar-refractivity contribution is 0.214. The van der Waals surface area contributed by atoms with Crippen LogP contribution in [0.3, 0.4) is 0 Å². The molecule has 3 heterocycles. The van der Waals surface area contributed by atoms with E-state index in [0.29, 0.717) is 24.7 Å². The monoisotopic (exact) mass is 934 g/mol. The molecule has 11 rings (SSSR count). The number of rotatable bonds is 6. The van der Waals surface area contributed by atoms with E-state index >= 15 is 0 Å². The van der Waals surface area contributed by atoms with Crippen molar-refractivity contribution in [2.24, 2.45) is 0 Å². The minimum Gasteiger partial charge on any atom is -0.489 e. The van der Waals surface area contributed by atoms with Crippen LogP contribution < -0.4 is 19.6 Å². The summed E-state index contributed by atoms with van der Waals surface area (Å²) in [5.74, 6) is 1.36. The number of benzene rings is 8. The molecule has 0 amide bonds. The quantitative estimate of drug-likeness (QED) is 0.170. The molecule has 0 atom stereocenters. The van der Waals surface area contributed by atoms with Gasteiger partial charge in [-0.15, -0.1) is 0 Å². The summed E-state index contributed by atoms with van der Waals surface area (Å²) in [6.45, 7) is 17.6. The highest BCUT2D eigenvalue weighted by molar-refractivity contribution is 7.39. The summed E-state index contributed by atoms with van der Waals surface area (Å²) >= 11 is 0. The molecule has 0 bridgehead atoms. The molecule has 0 unspecified atom stereocenters. The molecule has 0 aliphatic carbocycles. The third-order valence-electron chi connectivity index (χ3n) is 12.7. The highest BCUT2D eigenvalue weighted by atomic mass is 31.1. The Kier molecular flexibility index (Phi) is 11.1. The van der Waals surface area contributed by atoms with Gasteiger partial charge in [-0.3, -0.25) is 10.2 Å². The molecule has 1 aliphatic heterocycles. The van der Waals surface area contributed by atoms with E-state index in [1.165, 1.54) is 0 Å². The molecule has 8 nitrogen and oxygen atoms in total. The van der Waals surface area contributed by atoms with Crippen LogP contribution in [0.5, 0.6) is 11.5 Å². The van der Waals surface area contributed by atoms with Crippen molar-refractivity contribution < 1.29 is 26.3 Å². The van der Waals surface area contributed by atoms with Gasteiger partial charge in [0.05, 0.1) is 22.5 Å². The van der Waals surface area contributed by atoms with Crippen molar-refractivity contribution in [2.45, 2.75) is 55.4 Å². The van der Waals surface area contributed by atoms with E-state index in [1.807, 2.05) is 12.1 Å². The summed E-state index contributed by atoms with van der Waals surface area (Å²) in [5.41, 5.74) is 18.8. The molecule has 0 radical (unpaired) electrons. The zero-order valence-corrected chi connectivity index (χ0v) is 41.2. The van der Waals surface area contributed by atoms with Crippen LogP contribution in [-0.2, 0) is 0 Å². The maximum Gasteiger partial charge on any atom is 0.338 e. The Morgan fingerprint density at radius 3 is 0.985 bits per heavy atom. The Hall–Kier alpha value is -7.24. The molecule has 2 N–H and O–H groups in total. The van der Waals surface area contributed by atoms with Gasteiger partial charge in [-0.25, -0.2) is 0 Å². The van der Waals surface area contributed by atoms with Crippen molar-refractivity contribution in [1.82, 2.24) is 0 Å². The fourth-order valence-corrected chi connectivity index (χ4v) is 12.6. The number of nitrogens with one attached hydrogen (secondary N) is 2. The van der Waals surface area contributed by atoms with Gasteiger partial charge in [-0.1, -0.05) is 84.9 Å². The average Bonchev–Trinajstić information content (AvgIpc) is 3.56. The van der Waals surface area contributed by atoms with Gasteiger partial charge in [0.1, 0.15) is 47.0 Å². The second-order valence-electron chi connectivity index (χ2n) is 18.1. The molecule has 1 aliphatic rings. The van der Waals surface area contributed by atoms with Crippen molar-refractivity contribution in [3.63, 3.8) is 0 Å². The number of anilines is 2. The van der Waals surface area contributed by atoms with Crippen LogP contribution >= 0.6 is 16.3 Å². The lowest BCUT2D eigenvalue weighted by Gasteiger charge is -2.27. The SMILES string of the molecule is Cc1cc(C)c2op(Nc3c(-c4ccccc4)ccc4c3-c3c(ccc(-c5ccccc5)c3Np3oc5c(C)cc(C)cc5c5cc(C)cc(C)c5o3)OCCO4)oc3c(C)cc(C)cc3c2c1. The first-order valence-electron chi connectivity index (χ1n) is 23.0. The van der Waals surface area contributed by atoms with Crippen molar-refractivity contribution in [3.05, 3.63) is 178 Å². The van der Waals surface area contributed by atoms with Crippen LogP contribution in [0.15, 0.2) is 150 Å². The molecule has 8 aromatic carbocycles. The minimum absolute atomic E-state index is 0.337. The van der Waals surface area contributed by atoms with E-state index in [9.17, 15) is 0 Å². The number of hydrogen-bond acceptors (Lipinski definition) is 8. The highest BCUT2D eigenvalue weighted by Gasteiger charge is 2.29. The van der Waals surface area contributed by atoms with Crippen molar-refractivity contribution in [2.75, 3.05) is 23.4 Å². The summed E-state index contributed by atoms with van der Waals surface area (Å²) in [6, 6.07) is 46.6.